The molecule has 0 unspecified atom stereocenters. The Balaban J connectivity index is 2.23. The predicted molar refractivity (Wildman–Crippen MR) is 45.1 cm³/mol. The van der Waals surface area contributed by atoms with Crippen LogP contribution < -0.4 is 0 Å². The van der Waals surface area contributed by atoms with Gasteiger partial charge in [-0.05, 0) is 20.8 Å². The monoisotopic (exact) mass is 188 g/mol. The molecule has 0 radical (unpaired) electrons. The van der Waals surface area contributed by atoms with E-state index in [0.29, 0.717) is 6.42 Å². The van der Waals surface area contributed by atoms with Crippen LogP contribution in [0.15, 0.2) is 0 Å². The minimum absolute atomic E-state index is 0.318. The number of hydrogen-bond donors (Lipinski definition) is 2. The molecule has 0 amide bonds. The third kappa shape index (κ3) is 1.38. The van der Waals surface area contributed by atoms with E-state index in [1.54, 1.807) is 20.8 Å². The molecule has 0 aromatic rings. The van der Waals surface area contributed by atoms with Gasteiger partial charge in [0.05, 0.1) is 11.7 Å². The Kier molecular flexibility index (Phi) is 1.77. The largest absolute Gasteiger partial charge is 0.390 e. The van der Waals surface area contributed by atoms with Crippen LogP contribution in [0.5, 0.6) is 0 Å². The molecule has 4 atom stereocenters. The second-order valence-corrected chi connectivity index (χ2v) is 4.65. The lowest BCUT2D eigenvalue weighted by Crippen LogP contribution is -2.38. The second-order valence-electron chi connectivity index (χ2n) is 4.65. The van der Waals surface area contributed by atoms with E-state index < -0.39 is 23.6 Å². The first-order chi connectivity index (χ1) is 5.82. The number of aliphatic hydroxyl groups excluding tert-OH is 1. The summed E-state index contributed by atoms with van der Waals surface area (Å²) in [5.74, 6) is -0.694. The highest BCUT2D eigenvalue weighted by Gasteiger charge is 2.58. The van der Waals surface area contributed by atoms with Gasteiger partial charge in [0.15, 0.2) is 5.79 Å². The van der Waals surface area contributed by atoms with Crippen molar-refractivity contribution < 1.29 is 19.7 Å². The minimum Gasteiger partial charge on any atom is -0.390 e. The molecule has 1 heterocycles. The molecule has 0 aromatic carbocycles. The van der Waals surface area contributed by atoms with Crippen LogP contribution in [0.4, 0.5) is 0 Å². The Morgan fingerprint density at radius 1 is 1.23 bits per heavy atom. The smallest absolute Gasteiger partial charge is 0.164 e. The van der Waals surface area contributed by atoms with Crippen molar-refractivity contribution in [1.29, 1.82) is 0 Å². The molecular formula is C9H16O4. The Morgan fingerprint density at radius 3 is 2.38 bits per heavy atom. The molecule has 2 fully saturated rings. The van der Waals surface area contributed by atoms with Gasteiger partial charge in [-0.25, -0.2) is 0 Å². The molecular weight excluding hydrogens is 172 g/mol. The van der Waals surface area contributed by atoms with Crippen molar-refractivity contribution in [3.8, 4) is 0 Å². The lowest BCUT2D eigenvalue weighted by molar-refractivity contribution is -0.184. The molecule has 4 heteroatoms. The quantitative estimate of drug-likeness (QED) is 0.562. The summed E-state index contributed by atoms with van der Waals surface area (Å²) >= 11 is 0. The van der Waals surface area contributed by atoms with Crippen molar-refractivity contribution in [2.45, 2.75) is 56.9 Å². The second kappa shape index (κ2) is 2.45. The van der Waals surface area contributed by atoms with Crippen LogP contribution in [0.1, 0.15) is 27.2 Å². The highest BCUT2D eigenvalue weighted by molar-refractivity contribution is 5.05. The van der Waals surface area contributed by atoms with Gasteiger partial charge in [-0.3, -0.25) is 0 Å². The first-order valence-electron chi connectivity index (χ1n) is 4.58. The average molecular weight is 188 g/mol. The summed E-state index contributed by atoms with van der Waals surface area (Å²) in [6.07, 6.45) is -1.09. The molecule has 76 valence electrons. The minimum atomic E-state index is -0.974. The van der Waals surface area contributed by atoms with Crippen LogP contribution in [-0.4, -0.2) is 39.9 Å². The van der Waals surface area contributed by atoms with Crippen molar-refractivity contribution in [2.24, 2.45) is 0 Å². The average Bonchev–Trinajstić information content (AvgIpc) is 2.32. The molecule has 0 aromatic heterocycles. The van der Waals surface area contributed by atoms with E-state index in [-0.39, 0.29) is 6.10 Å². The normalized spacial score (nSPS) is 53.8. The maximum absolute atomic E-state index is 9.90. The Hall–Kier alpha value is -0.160. The van der Waals surface area contributed by atoms with Gasteiger partial charge < -0.3 is 19.7 Å². The van der Waals surface area contributed by atoms with E-state index in [4.69, 9.17) is 9.47 Å². The van der Waals surface area contributed by atoms with E-state index in [1.165, 1.54) is 0 Å². The van der Waals surface area contributed by atoms with Gasteiger partial charge in [0.2, 0.25) is 0 Å². The van der Waals surface area contributed by atoms with E-state index in [0.717, 1.165) is 0 Å². The van der Waals surface area contributed by atoms with E-state index >= 15 is 0 Å². The van der Waals surface area contributed by atoms with E-state index in [9.17, 15) is 10.2 Å². The molecule has 1 aliphatic carbocycles. The fourth-order valence-corrected chi connectivity index (χ4v) is 2.21. The highest BCUT2D eigenvalue weighted by atomic mass is 16.8. The SMILES string of the molecule is CC1(C)O[C@H]2[C@@H](O1)[C@@](C)(O)C[C@@H]2O. The third-order valence-corrected chi connectivity index (χ3v) is 2.74. The van der Waals surface area contributed by atoms with Crippen molar-refractivity contribution in [3.63, 3.8) is 0 Å². The number of fused-ring (bicyclic) bond motifs is 1. The zero-order valence-corrected chi connectivity index (χ0v) is 8.15. The van der Waals surface area contributed by atoms with Crippen LogP contribution in [0.2, 0.25) is 0 Å². The Bertz CT molecular complexity index is 224. The summed E-state index contributed by atoms with van der Waals surface area (Å²) in [4.78, 5) is 0. The molecule has 2 aliphatic rings. The number of ether oxygens (including phenoxy) is 2. The summed E-state index contributed by atoms with van der Waals surface area (Å²) < 4.78 is 11.0. The molecule has 4 nitrogen and oxygen atoms in total. The van der Waals surface area contributed by atoms with Crippen LogP contribution in [-0.2, 0) is 9.47 Å². The van der Waals surface area contributed by atoms with Gasteiger partial charge in [-0.1, -0.05) is 0 Å². The fourth-order valence-electron chi connectivity index (χ4n) is 2.21. The molecule has 13 heavy (non-hydrogen) atoms. The molecule has 0 spiro atoms. The molecule has 0 bridgehead atoms. The van der Waals surface area contributed by atoms with Gasteiger partial charge in [0.25, 0.3) is 0 Å². The maximum atomic E-state index is 9.90. The zero-order valence-electron chi connectivity index (χ0n) is 8.15. The van der Waals surface area contributed by atoms with E-state index in [1.807, 2.05) is 0 Å². The topological polar surface area (TPSA) is 58.9 Å². The lowest BCUT2D eigenvalue weighted by atomic mass is 10.0. The summed E-state index contributed by atoms with van der Waals surface area (Å²) in [6.45, 7) is 5.24. The molecule has 2 N–H and O–H groups in total. The summed E-state index contributed by atoms with van der Waals surface area (Å²) in [7, 11) is 0. The Labute approximate surface area is 77.5 Å². The van der Waals surface area contributed by atoms with Crippen molar-refractivity contribution in [3.05, 3.63) is 0 Å². The molecule has 1 aliphatic heterocycles. The van der Waals surface area contributed by atoms with Gasteiger partial charge in [0, 0.05) is 6.42 Å². The predicted octanol–water partition coefficient (Wildman–Crippen LogP) is 0.0221. The fraction of sp³-hybridized carbons (Fsp3) is 1.00. The highest BCUT2D eigenvalue weighted by Crippen LogP contribution is 2.43. The third-order valence-electron chi connectivity index (χ3n) is 2.74. The van der Waals surface area contributed by atoms with Gasteiger partial charge in [0.1, 0.15) is 12.2 Å². The lowest BCUT2D eigenvalue weighted by Gasteiger charge is -2.25. The van der Waals surface area contributed by atoms with Gasteiger partial charge >= 0.3 is 0 Å². The van der Waals surface area contributed by atoms with Crippen LogP contribution in [0.3, 0.4) is 0 Å². The summed E-state index contributed by atoms with van der Waals surface area (Å²) in [5.41, 5.74) is -0.974. The molecule has 2 rings (SSSR count). The molecule has 1 saturated heterocycles. The first kappa shape index (κ1) is 9.40. The van der Waals surface area contributed by atoms with Gasteiger partial charge in [-0.2, -0.15) is 0 Å². The van der Waals surface area contributed by atoms with Crippen LogP contribution in [0.25, 0.3) is 0 Å². The molecule has 1 saturated carbocycles. The standard InChI is InChI=1S/C9H16O4/c1-8(2)12-6-5(10)4-9(3,11)7(6)13-8/h5-7,10-11H,4H2,1-3H3/t5-,6+,7+,9-/m0/s1. The maximum Gasteiger partial charge on any atom is 0.164 e. The van der Waals surface area contributed by atoms with Crippen molar-refractivity contribution in [1.82, 2.24) is 0 Å². The summed E-state index contributed by atoms with van der Waals surface area (Å²) in [5, 5.41) is 19.5. The number of hydrogen-bond acceptors (Lipinski definition) is 4. The number of rotatable bonds is 0. The van der Waals surface area contributed by atoms with Crippen LogP contribution >= 0.6 is 0 Å². The van der Waals surface area contributed by atoms with Crippen molar-refractivity contribution in [2.75, 3.05) is 0 Å². The zero-order chi connectivity index (χ0) is 9.85. The van der Waals surface area contributed by atoms with E-state index in [2.05, 4.69) is 0 Å². The first-order valence-corrected chi connectivity index (χ1v) is 4.58. The van der Waals surface area contributed by atoms with Crippen LogP contribution in [0, 0.1) is 0 Å². The summed E-state index contributed by atoms with van der Waals surface area (Å²) in [6, 6.07) is 0. The van der Waals surface area contributed by atoms with Gasteiger partial charge in [-0.15, -0.1) is 0 Å². The van der Waals surface area contributed by atoms with Crippen molar-refractivity contribution >= 4 is 0 Å². The Morgan fingerprint density at radius 2 is 1.85 bits per heavy atom. The number of aliphatic hydroxyl groups is 2.